The number of fused-ring (bicyclic) bond motifs is 1. The fourth-order valence-electron chi connectivity index (χ4n) is 2.58. The van der Waals surface area contributed by atoms with Gasteiger partial charge in [0.2, 0.25) is 0 Å². The van der Waals surface area contributed by atoms with Gasteiger partial charge in [0.25, 0.3) is 0 Å². The van der Waals surface area contributed by atoms with Crippen molar-refractivity contribution in [2.75, 3.05) is 25.6 Å². The highest BCUT2D eigenvalue weighted by molar-refractivity contribution is 6.01. The summed E-state index contributed by atoms with van der Waals surface area (Å²) in [5.74, 6) is -1.04. The number of benzene rings is 2. The SMILES string of the molecule is COCCOCc1ccc(CNc2ccc3[nH]nc(C(=O)O)c3c2)cc1. The normalized spacial score (nSPS) is 11.0. The number of carbonyl (C=O) groups is 1. The Balaban J connectivity index is 1.59. The van der Waals surface area contributed by atoms with Crippen LogP contribution in [0.4, 0.5) is 5.69 Å². The Labute approximate surface area is 150 Å². The van der Waals surface area contributed by atoms with Crippen LogP contribution >= 0.6 is 0 Å². The van der Waals surface area contributed by atoms with E-state index in [0.29, 0.717) is 37.3 Å². The van der Waals surface area contributed by atoms with E-state index in [1.54, 1.807) is 13.2 Å². The molecular weight excluding hydrogens is 334 g/mol. The van der Waals surface area contributed by atoms with Gasteiger partial charge in [-0.25, -0.2) is 4.79 Å². The molecule has 0 spiro atoms. The van der Waals surface area contributed by atoms with Crippen LogP contribution in [0.2, 0.25) is 0 Å². The quantitative estimate of drug-likeness (QED) is 0.511. The molecule has 136 valence electrons. The van der Waals surface area contributed by atoms with Gasteiger partial charge >= 0.3 is 5.97 Å². The third-order valence-electron chi connectivity index (χ3n) is 3.99. The number of ether oxygens (including phenoxy) is 2. The van der Waals surface area contributed by atoms with Gasteiger partial charge in [-0.2, -0.15) is 5.10 Å². The number of H-pyrrole nitrogens is 1. The molecule has 0 atom stereocenters. The van der Waals surface area contributed by atoms with Gasteiger partial charge in [-0.15, -0.1) is 0 Å². The van der Waals surface area contributed by atoms with Crippen molar-refractivity contribution in [3.05, 3.63) is 59.3 Å². The van der Waals surface area contributed by atoms with Crippen molar-refractivity contribution in [2.45, 2.75) is 13.2 Å². The zero-order chi connectivity index (χ0) is 18.4. The summed E-state index contributed by atoms with van der Waals surface area (Å²) < 4.78 is 10.4. The summed E-state index contributed by atoms with van der Waals surface area (Å²) in [6.45, 7) is 2.37. The lowest BCUT2D eigenvalue weighted by molar-refractivity contribution is 0.0616. The van der Waals surface area contributed by atoms with E-state index in [4.69, 9.17) is 14.6 Å². The smallest absolute Gasteiger partial charge is 0.357 e. The molecule has 3 rings (SSSR count). The molecule has 0 unspecified atom stereocenters. The first-order valence-corrected chi connectivity index (χ1v) is 8.27. The first-order chi connectivity index (χ1) is 12.7. The van der Waals surface area contributed by atoms with Crippen molar-refractivity contribution >= 4 is 22.6 Å². The number of nitrogens with one attached hydrogen (secondary N) is 2. The van der Waals surface area contributed by atoms with E-state index in [1.807, 2.05) is 36.4 Å². The van der Waals surface area contributed by atoms with Crippen molar-refractivity contribution in [3.8, 4) is 0 Å². The number of carboxylic acids is 1. The molecule has 2 aromatic carbocycles. The fourth-order valence-corrected chi connectivity index (χ4v) is 2.58. The van der Waals surface area contributed by atoms with Gasteiger partial charge in [-0.05, 0) is 29.3 Å². The fraction of sp³-hybridized carbons (Fsp3) is 0.263. The van der Waals surface area contributed by atoms with Gasteiger partial charge in [0.15, 0.2) is 5.69 Å². The number of aromatic nitrogens is 2. The van der Waals surface area contributed by atoms with Gasteiger partial charge in [0, 0.05) is 24.7 Å². The molecule has 1 aromatic heterocycles. The van der Waals surface area contributed by atoms with Crippen molar-refractivity contribution in [2.24, 2.45) is 0 Å². The zero-order valence-corrected chi connectivity index (χ0v) is 14.5. The maximum absolute atomic E-state index is 11.2. The Morgan fingerprint density at radius 2 is 1.92 bits per heavy atom. The number of anilines is 1. The molecular formula is C19H21N3O4. The van der Waals surface area contributed by atoms with Crippen molar-refractivity contribution in [1.29, 1.82) is 0 Å². The van der Waals surface area contributed by atoms with Crippen LogP contribution in [-0.2, 0) is 22.6 Å². The van der Waals surface area contributed by atoms with E-state index >= 15 is 0 Å². The Morgan fingerprint density at radius 1 is 1.15 bits per heavy atom. The number of hydrogen-bond donors (Lipinski definition) is 3. The van der Waals surface area contributed by atoms with Gasteiger partial charge in [0.05, 0.1) is 25.3 Å². The molecule has 0 aliphatic heterocycles. The van der Waals surface area contributed by atoms with Crippen LogP contribution in [-0.4, -0.2) is 41.6 Å². The van der Waals surface area contributed by atoms with E-state index in [-0.39, 0.29) is 5.69 Å². The molecule has 0 saturated carbocycles. The average Bonchev–Trinajstić information content (AvgIpc) is 3.08. The predicted octanol–water partition coefficient (Wildman–Crippen LogP) is 3.04. The van der Waals surface area contributed by atoms with Crippen LogP contribution in [0.15, 0.2) is 42.5 Å². The number of methoxy groups -OCH3 is 1. The molecule has 26 heavy (non-hydrogen) atoms. The number of carboxylic acid groups (broad SMARTS) is 1. The number of rotatable bonds is 9. The average molecular weight is 355 g/mol. The summed E-state index contributed by atoms with van der Waals surface area (Å²) in [6, 6.07) is 13.7. The van der Waals surface area contributed by atoms with Gasteiger partial charge < -0.3 is 19.9 Å². The molecule has 3 aromatic rings. The van der Waals surface area contributed by atoms with E-state index in [1.165, 1.54) is 0 Å². The van der Waals surface area contributed by atoms with E-state index in [9.17, 15) is 4.79 Å². The van der Waals surface area contributed by atoms with Gasteiger partial charge in [0.1, 0.15) is 0 Å². The predicted molar refractivity (Wildman–Crippen MR) is 98.4 cm³/mol. The molecule has 0 amide bonds. The minimum absolute atomic E-state index is 0.0291. The summed E-state index contributed by atoms with van der Waals surface area (Å²) in [4.78, 5) is 11.2. The van der Waals surface area contributed by atoms with Crippen molar-refractivity contribution < 1.29 is 19.4 Å². The summed E-state index contributed by atoms with van der Waals surface area (Å²) in [5, 5.41) is 19.6. The summed E-state index contributed by atoms with van der Waals surface area (Å²) in [6.07, 6.45) is 0. The summed E-state index contributed by atoms with van der Waals surface area (Å²) in [7, 11) is 1.65. The molecule has 0 aliphatic rings. The molecule has 0 radical (unpaired) electrons. The third-order valence-corrected chi connectivity index (χ3v) is 3.99. The molecule has 0 bridgehead atoms. The number of nitrogens with zero attached hydrogens (tertiary/aromatic N) is 1. The highest BCUT2D eigenvalue weighted by atomic mass is 16.5. The van der Waals surface area contributed by atoms with E-state index in [0.717, 1.165) is 16.8 Å². The maximum atomic E-state index is 11.2. The molecule has 7 heteroatoms. The van der Waals surface area contributed by atoms with E-state index in [2.05, 4.69) is 15.5 Å². The summed E-state index contributed by atoms with van der Waals surface area (Å²) >= 11 is 0. The minimum atomic E-state index is -1.04. The molecule has 7 nitrogen and oxygen atoms in total. The second-order valence-electron chi connectivity index (χ2n) is 5.85. The molecule has 0 saturated heterocycles. The molecule has 0 fully saturated rings. The monoisotopic (exact) mass is 355 g/mol. The van der Waals surface area contributed by atoms with Crippen LogP contribution in [0.1, 0.15) is 21.6 Å². The Hall–Kier alpha value is -2.90. The topological polar surface area (TPSA) is 96.5 Å². The third kappa shape index (κ3) is 4.38. The number of aromatic carboxylic acids is 1. The maximum Gasteiger partial charge on any atom is 0.357 e. The molecule has 0 aliphatic carbocycles. The first kappa shape index (κ1) is 17.9. The zero-order valence-electron chi connectivity index (χ0n) is 14.5. The van der Waals surface area contributed by atoms with Gasteiger partial charge in [-0.1, -0.05) is 24.3 Å². The van der Waals surface area contributed by atoms with Crippen LogP contribution in [0.25, 0.3) is 10.9 Å². The number of hydrogen-bond acceptors (Lipinski definition) is 5. The van der Waals surface area contributed by atoms with E-state index < -0.39 is 5.97 Å². The second kappa shape index (κ2) is 8.46. The highest BCUT2D eigenvalue weighted by Gasteiger charge is 2.12. The largest absolute Gasteiger partial charge is 0.476 e. The minimum Gasteiger partial charge on any atom is -0.476 e. The Kier molecular flexibility index (Phi) is 5.83. The lowest BCUT2D eigenvalue weighted by Crippen LogP contribution is -2.02. The van der Waals surface area contributed by atoms with Crippen molar-refractivity contribution in [3.63, 3.8) is 0 Å². The van der Waals surface area contributed by atoms with Crippen LogP contribution in [0.5, 0.6) is 0 Å². The lowest BCUT2D eigenvalue weighted by atomic mass is 10.1. The van der Waals surface area contributed by atoms with Gasteiger partial charge in [-0.3, -0.25) is 5.10 Å². The number of aromatic amines is 1. The first-order valence-electron chi connectivity index (χ1n) is 8.27. The second-order valence-corrected chi connectivity index (χ2v) is 5.85. The molecule has 1 heterocycles. The highest BCUT2D eigenvalue weighted by Crippen LogP contribution is 2.21. The van der Waals surface area contributed by atoms with Crippen LogP contribution in [0, 0.1) is 0 Å². The standard InChI is InChI=1S/C19H21N3O4/c1-25-8-9-26-12-14-4-2-13(3-5-14)11-20-15-6-7-17-16(10-15)18(19(23)24)22-21-17/h2-7,10,20H,8-9,11-12H2,1H3,(H,21,22)(H,23,24). The van der Waals surface area contributed by atoms with Crippen molar-refractivity contribution in [1.82, 2.24) is 10.2 Å². The van der Waals surface area contributed by atoms with Crippen LogP contribution < -0.4 is 5.32 Å². The van der Waals surface area contributed by atoms with Crippen LogP contribution in [0.3, 0.4) is 0 Å². The lowest BCUT2D eigenvalue weighted by Gasteiger charge is -2.08. The Bertz CT molecular complexity index is 874. The Morgan fingerprint density at radius 3 is 2.65 bits per heavy atom. The molecule has 3 N–H and O–H groups in total. The summed E-state index contributed by atoms with van der Waals surface area (Å²) in [5.41, 5.74) is 3.80.